The molecule has 3 heteroatoms. The van der Waals surface area contributed by atoms with Crippen LogP contribution in [0.2, 0.25) is 0 Å². The standard InChI is InChI=1S/C12H18N2O/c1-5-7-11(8-10(3)6-2)12(9-13)14-15-4/h5,7-8,10H,6H2,1-4H3/b7-5-,11-8+,14-12+. The average molecular weight is 206 g/mol. The predicted molar refractivity (Wildman–Crippen MR) is 62.4 cm³/mol. The van der Waals surface area contributed by atoms with Crippen molar-refractivity contribution in [3.63, 3.8) is 0 Å². The second-order valence-electron chi connectivity index (χ2n) is 3.24. The van der Waals surface area contributed by atoms with E-state index in [9.17, 15) is 0 Å². The molecule has 0 amide bonds. The van der Waals surface area contributed by atoms with Gasteiger partial charge in [-0.2, -0.15) is 5.26 Å². The Morgan fingerprint density at radius 2 is 2.27 bits per heavy atom. The third-order valence-electron chi connectivity index (χ3n) is 2.02. The zero-order valence-electron chi connectivity index (χ0n) is 9.82. The third-order valence-corrected chi connectivity index (χ3v) is 2.02. The van der Waals surface area contributed by atoms with Crippen molar-refractivity contribution in [3.05, 3.63) is 23.8 Å². The summed E-state index contributed by atoms with van der Waals surface area (Å²) in [6.07, 6.45) is 6.82. The van der Waals surface area contributed by atoms with Gasteiger partial charge in [-0.25, -0.2) is 0 Å². The van der Waals surface area contributed by atoms with Crippen LogP contribution >= 0.6 is 0 Å². The summed E-state index contributed by atoms with van der Waals surface area (Å²) in [5, 5.41) is 12.6. The summed E-state index contributed by atoms with van der Waals surface area (Å²) in [5.74, 6) is 0.423. The van der Waals surface area contributed by atoms with E-state index in [2.05, 4.69) is 23.8 Å². The second-order valence-corrected chi connectivity index (χ2v) is 3.24. The highest BCUT2D eigenvalue weighted by Crippen LogP contribution is 2.10. The maximum atomic E-state index is 8.90. The maximum absolute atomic E-state index is 8.90. The minimum Gasteiger partial charge on any atom is -0.398 e. The van der Waals surface area contributed by atoms with E-state index in [1.165, 1.54) is 7.11 Å². The molecule has 1 unspecified atom stereocenters. The fourth-order valence-corrected chi connectivity index (χ4v) is 1.05. The molecule has 0 radical (unpaired) electrons. The summed E-state index contributed by atoms with van der Waals surface area (Å²) < 4.78 is 0. The topological polar surface area (TPSA) is 45.4 Å². The molecule has 0 heterocycles. The number of hydrogen-bond donors (Lipinski definition) is 0. The average Bonchev–Trinajstić information content (AvgIpc) is 2.25. The zero-order chi connectivity index (χ0) is 11.7. The first-order chi connectivity index (χ1) is 7.19. The molecule has 0 rings (SSSR count). The Morgan fingerprint density at radius 3 is 2.67 bits per heavy atom. The minimum absolute atomic E-state index is 0.316. The Labute approximate surface area is 91.7 Å². The number of hydrogen-bond acceptors (Lipinski definition) is 3. The van der Waals surface area contributed by atoms with Crippen molar-refractivity contribution in [2.24, 2.45) is 11.1 Å². The van der Waals surface area contributed by atoms with Crippen molar-refractivity contribution < 1.29 is 4.84 Å². The van der Waals surface area contributed by atoms with Crippen molar-refractivity contribution in [1.82, 2.24) is 0 Å². The minimum atomic E-state index is 0.316. The van der Waals surface area contributed by atoms with E-state index in [0.717, 1.165) is 12.0 Å². The molecule has 0 aliphatic heterocycles. The second kappa shape index (κ2) is 7.81. The van der Waals surface area contributed by atoms with Crippen molar-refractivity contribution in [2.45, 2.75) is 27.2 Å². The van der Waals surface area contributed by atoms with E-state index in [1.807, 2.05) is 31.2 Å². The van der Waals surface area contributed by atoms with Crippen LogP contribution in [0.3, 0.4) is 0 Å². The van der Waals surface area contributed by atoms with E-state index in [-0.39, 0.29) is 0 Å². The van der Waals surface area contributed by atoms with Gasteiger partial charge >= 0.3 is 0 Å². The highest BCUT2D eigenvalue weighted by atomic mass is 16.6. The van der Waals surface area contributed by atoms with Gasteiger partial charge in [0, 0.05) is 5.57 Å². The van der Waals surface area contributed by atoms with Gasteiger partial charge in [0.25, 0.3) is 0 Å². The van der Waals surface area contributed by atoms with E-state index in [1.54, 1.807) is 0 Å². The molecule has 0 aromatic heterocycles. The van der Waals surface area contributed by atoms with Gasteiger partial charge in [0.05, 0.1) is 0 Å². The van der Waals surface area contributed by atoms with Crippen molar-refractivity contribution in [2.75, 3.05) is 7.11 Å². The maximum Gasteiger partial charge on any atom is 0.186 e. The van der Waals surface area contributed by atoms with Crippen LogP contribution in [0.4, 0.5) is 0 Å². The van der Waals surface area contributed by atoms with Crippen LogP contribution in [-0.4, -0.2) is 12.8 Å². The van der Waals surface area contributed by atoms with E-state index in [4.69, 9.17) is 5.26 Å². The Balaban J connectivity index is 5.04. The number of nitrogens with zero attached hydrogens (tertiary/aromatic N) is 2. The van der Waals surface area contributed by atoms with Crippen LogP contribution in [0.15, 0.2) is 29.0 Å². The first-order valence-electron chi connectivity index (χ1n) is 5.05. The number of allylic oxidation sites excluding steroid dienone is 4. The molecule has 0 spiro atoms. The Morgan fingerprint density at radius 1 is 1.60 bits per heavy atom. The van der Waals surface area contributed by atoms with Crippen LogP contribution in [0.25, 0.3) is 0 Å². The molecule has 0 bridgehead atoms. The van der Waals surface area contributed by atoms with Gasteiger partial charge in [-0.15, -0.1) is 0 Å². The fourth-order valence-electron chi connectivity index (χ4n) is 1.05. The smallest absolute Gasteiger partial charge is 0.186 e. The molecule has 0 N–H and O–H groups in total. The molecule has 0 fully saturated rings. The molecular formula is C12H18N2O. The molecule has 0 saturated carbocycles. The predicted octanol–water partition coefficient (Wildman–Crippen LogP) is 3.06. The number of rotatable bonds is 5. The molecule has 82 valence electrons. The highest BCUT2D eigenvalue weighted by Gasteiger charge is 2.05. The van der Waals surface area contributed by atoms with Gasteiger partial charge in [-0.1, -0.05) is 43.7 Å². The lowest BCUT2D eigenvalue weighted by Gasteiger charge is -2.04. The largest absolute Gasteiger partial charge is 0.398 e. The summed E-state index contributed by atoms with van der Waals surface area (Å²) in [5.41, 5.74) is 1.13. The summed E-state index contributed by atoms with van der Waals surface area (Å²) >= 11 is 0. The third kappa shape index (κ3) is 5.02. The zero-order valence-corrected chi connectivity index (χ0v) is 9.82. The molecule has 15 heavy (non-hydrogen) atoms. The first-order valence-corrected chi connectivity index (χ1v) is 5.05. The summed E-state index contributed by atoms with van der Waals surface area (Å²) in [6, 6.07) is 2.02. The Bertz CT molecular complexity index is 308. The Kier molecular flexibility index (Phi) is 7.00. The van der Waals surface area contributed by atoms with Crippen LogP contribution < -0.4 is 0 Å². The molecule has 1 atom stereocenters. The van der Waals surface area contributed by atoms with Gasteiger partial charge in [-0.3, -0.25) is 0 Å². The van der Waals surface area contributed by atoms with Crippen LogP contribution in [-0.2, 0) is 4.84 Å². The fraction of sp³-hybridized carbons (Fsp3) is 0.500. The lowest BCUT2D eigenvalue weighted by molar-refractivity contribution is 0.214. The van der Waals surface area contributed by atoms with E-state index >= 15 is 0 Å². The van der Waals surface area contributed by atoms with Crippen molar-refractivity contribution in [3.8, 4) is 6.07 Å². The van der Waals surface area contributed by atoms with Gasteiger partial charge in [0.2, 0.25) is 0 Å². The lowest BCUT2D eigenvalue weighted by Crippen LogP contribution is -2.01. The summed E-state index contributed by atoms with van der Waals surface area (Å²) in [6.45, 7) is 6.12. The molecule has 3 nitrogen and oxygen atoms in total. The van der Waals surface area contributed by atoms with Crippen LogP contribution in [0, 0.1) is 17.2 Å². The summed E-state index contributed by atoms with van der Waals surface area (Å²) in [4.78, 5) is 4.63. The van der Waals surface area contributed by atoms with Gasteiger partial charge in [-0.05, 0) is 12.8 Å². The summed E-state index contributed by atoms with van der Waals surface area (Å²) in [7, 11) is 1.44. The molecule has 0 saturated heterocycles. The van der Waals surface area contributed by atoms with Gasteiger partial charge in [0.15, 0.2) is 5.71 Å². The normalized spacial score (nSPS) is 15.1. The molecule has 0 aromatic carbocycles. The van der Waals surface area contributed by atoms with Gasteiger partial charge in [0.1, 0.15) is 13.2 Å². The molecule has 0 aliphatic carbocycles. The van der Waals surface area contributed by atoms with Crippen LogP contribution in [0.5, 0.6) is 0 Å². The van der Waals surface area contributed by atoms with Crippen molar-refractivity contribution >= 4 is 5.71 Å². The SMILES string of the molecule is C\C=C/C(=C\C(C)CC)C(/C#N)=N/OC. The number of oxime groups is 1. The molecule has 0 aromatic rings. The Hall–Kier alpha value is -1.56. The highest BCUT2D eigenvalue weighted by molar-refractivity contribution is 6.12. The number of nitriles is 1. The molecular weight excluding hydrogens is 188 g/mol. The first kappa shape index (κ1) is 13.4. The quantitative estimate of drug-likeness (QED) is 0.394. The monoisotopic (exact) mass is 206 g/mol. The molecule has 0 aliphatic rings. The van der Waals surface area contributed by atoms with Crippen molar-refractivity contribution in [1.29, 1.82) is 5.26 Å². The van der Waals surface area contributed by atoms with E-state index in [0.29, 0.717) is 11.6 Å². The lowest BCUT2D eigenvalue weighted by atomic mass is 10.0. The van der Waals surface area contributed by atoms with Gasteiger partial charge < -0.3 is 4.84 Å². The van der Waals surface area contributed by atoms with E-state index < -0.39 is 0 Å². The van der Waals surface area contributed by atoms with Crippen LogP contribution in [0.1, 0.15) is 27.2 Å².